The smallest absolute Gasteiger partial charge is 0.106 e. The molecular formula is C11H17BrClN3. The minimum Gasteiger partial charge on any atom is -0.315 e. The summed E-state index contributed by atoms with van der Waals surface area (Å²) in [6, 6.07) is 4.79. The van der Waals surface area contributed by atoms with Crippen LogP contribution in [0.5, 0.6) is 0 Å². The number of likely N-dealkylation sites (N-methyl/N-ethyl adjacent to an activating group) is 1. The van der Waals surface area contributed by atoms with Gasteiger partial charge in [-0.2, -0.15) is 0 Å². The van der Waals surface area contributed by atoms with Crippen molar-refractivity contribution in [1.29, 1.82) is 0 Å². The Balaban J connectivity index is 0.00000128. The van der Waals surface area contributed by atoms with Crippen molar-refractivity contribution >= 4 is 28.3 Å². The molecule has 2 rings (SSSR count). The maximum absolute atomic E-state index is 4.23. The van der Waals surface area contributed by atoms with E-state index in [0.29, 0.717) is 6.04 Å². The van der Waals surface area contributed by atoms with Crippen LogP contribution in [0, 0.1) is 0 Å². The normalized spacial score (nSPS) is 19.8. The van der Waals surface area contributed by atoms with Crippen LogP contribution in [0.25, 0.3) is 0 Å². The predicted octanol–water partition coefficient (Wildman–Crippen LogP) is 2.06. The number of hydrogen-bond donors (Lipinski definition) is 1. The van der Waals surface area contributed by atoms with Crippen molar-refractivity contribution in [2.75, 3.05) is 20.1 Å². The molecule has 1 saturated heterocycles. The molecule has 0 saturated carbocycles. The van der Waals surface area contributed by atoms with E-state index < -0.39 is 0 Å². The van der Waals surface area contributed by atoms with Gasteiger partial charge in [-0.1, -0.05) is 6.07 Å². The molecule has 1 atom stereocenters. The van der Waals surface area contributed by atoms with Gasteiger partial charge in [0.1, 0.15) is 4.60 Å². The second-order valence-corrected chi connectivity index (χ2v) is 4.86. The summed E-state index contributed by atoms with van der Waals surface area (Å²) in [6.45, 7) is 3.24. The van der Waals surface area contributed by atoms with Gasteiger partial charge in [-0.15, -0.1) is 12.4 Å². The fourth-order valence-electron chi connectivity index (χ4n) is 1.93. The molecule has 1 aliphatic heterocycles. The molecule has 1 aromatic rings. The highest BCUT2D eigenvalue weighted by Gasteiger charge is 2.18. The summed E-state index contributed by atoms with van der Waals surface area (Å²) in [7, 11) is 2.18. The van der Waals surface area contributed by atoms with Gasteiger partial charge in [-0.05, 0) is 47.6 Å². The number of hydrogen-bond acceptors (Lipinski definition) is 3. The molecule has 1 aromatic heterocycles. The van der Waals surface area contributed by atoms with Crippen LogP contribution in [0.1, 0.15) is 12.0 Å². The van der Waals surface area contributed by atoms with Gasteiger partial charge in [0.05, 0.1) is 0 Å². The molecule has 5 heteroatoms. The zero-order chi connectivity index (χ0) is 10.7. The van der Waals surface area contributed by atoms with E-state index >= 15 is 0 Å². The Morgan fingerprint density at radius 2 is 2.38 bits per heavy atom. The van der Waals surface area contributed by atoms with Gasteiger partial charge < -0.3 is 5.32 Å². The summed E-state index contributed by atoms with van der Waals surface area (Å²) in [4.78, 5) is 6.63. The van der Waals surface area contributed by atoms with Gasteiger partial charge >= 0.3 is 0 Å². The van der Waals surface area contributed by atoms with Crippen LogP contribution < -0.4 is 5.32 Å². The van der Waals surface area contributed by atoms with Gasteiger partial charge in [0, 0.05) is 25.3 Å². The number of pyridine rings is 1. The molecule has 1 N–H and O–H groups in total. The van der Waals surface area contributed by atoms with Crippen molar-refractivity contribution in [2.45, 2.75) is 19.0 Å². The third kappa shape index (κ3) is 3.70. The van der Waals surface area contributed by atoms with Crippen LogP contribution in [-0.2, 0) is 6.54 Å². The third-order valence-corrected chi connectivity index (χ3v) is 3.35. The molecule has 0 aliphatic carbocycles. The van der Waals surface area contributed by atoms with Crippen LogP contribution in [0.2, 0.25) is 0 Å². The molecule has 3 nitrogen and oxygen atoms in total. The number of nitrogens with zero attached hydrogens (tertiary/aromatic N) is 2. The van der Waals surface area contributed by atoms with E-state index in [2.05, 4.69) is 44.2 Å². The van der Waals surface area contributed by atoms with Crippen molar-refractivity contribution in [1.82, 2.24) is 15.2 Å². The zero-order valence-electron chi connectivity index (χ0n) is 9.32. The Labute approximate surface area is 111 Å². The summed E-state index contributed by atoms with van der Waals surface area (Å²) >= 11 is 3.34. The van der Waals surface area contributed by atoms with E-state index in [9.17, 15) is 0 Å². The average molecular weight is 307 g/mol. The fourth-order valence-corrected chi connectivity index (χ4v) is 2.17. The van der Waals surface area contributed by atoms with Gasteiger partial charge in [-0.3, -0.25) is 4.90 Å². The summed E-state index contributed by atoms with van der Waals surface area (Å²) in [5, 5.41) is 3.38. The molecule has 0 aromatic carbocycles. The molecule has 16 heavy (non-hydrogen) atoms. The highest BCUT2D eigenvalue weighted by Crippen LogP contribution is 2.12. The summed E-state index contributed by atoms with van der Waals surface area (Å²) in [5.74, 6) is 0. The lowest BCUT2D eigenvalue weighted by Crippen LogP contribution is -2.32. The molecule has 0 bridgehead atoms. The number of halogens is 2. The standard InChI is InChI=1S/C11H16BrN3.ClH/c1-15(10-4-5-13-7-10)8-9-2-3-11(12)14-6-9;/h2-3,6,10,13H,4-5,7-8H2,1H3;1H/t10-;/m1./s1. The number of nitrogens with one attached hydrogen (secondary N) is 1. The molecule has 90 valence electrons. The van der Waals surface area contributed by atoms with Gasteiger partial charge in [-0.25, -0.2) is 4.98 Å². The second-order valence-electron chi connectivity index (χ2n) is 4.05. The van der Waals surface area contributed by atoms with Crippen molar-refractivity contribution in [2.24, 2.45) is 0 Å². The average Bonchev–Trinajstić information content (AvgIpc) is 2.74. The van der Waals surface area contributed by atoms with E-state index in [1.807, 2.05) is 12.3 Å². The Morgan fingerprint density at radius 3 is 2.94 bits per heavy atom. The van der Waals surface area contributed by atoms with E-state index in [1.54, 1.807) is 0 Å². The van der Waals surface area contributed by atoms with Crippen molar-refractivity contribution < 1.29 is 0 Å². The molecule has 2 heterocycles. The monoisotopic (exact) mass is 305 g/mol. The first-order chi connectivity index (χ1) is 7.25. The lowest BCUT2D eigenvalue weighted by atomic mass is 10.2. The van der Waals surface area contributed by atoms with Gasteiger partial charge in [0.25, 0.3) is 0 Å². The van der Waals surface area contributed by atoms with Crippen molar-refractivity contribution in [3.05, 3.63) is 28.5 Å². The van der Waals surface area contributed by atoms with Crippen molar-refractivity contribution in [3.8, 4) is 0 Å². The van der Waals surface area contributed by atoms with Crippen LogP contribution in [0.3, 0.4) is 0 Å². The van der Waals surface area contributed by atoms with E-state index in [-0.39, 0.29) is 12.4 Å². The maximum Gasteiger partial charge on any atom is 0.106 e. The Kier molecular flexibility index (Phi) is 5.69. The molecular weight excluding hydrogens is 289 g/mol. The summed E-state index contributed by atoms with van der Waals surface area (Å²) < 4.78 is 0.899. The van der Waals surface area contributed by atoms with Crippen LogP contribution in [-0.4, -0.2) is 36.1 Å². The molecule has 0 radical (unpaired) electrons. The minimum atomic E-state index is 0. The second kappa shape index (κ2) is 6.55. The fraction of sp³-hybridized carbons (Fsp3) is 0.545. The zero-order valence-corrected chi connectivity index (χ0v) is 11.7. The molecule has 1 aliphatic rings. The lowest BCUT2D eigenvalue weighted by molar-refractivity contribution is 0.248. The first-order valence-electron chi connectivity index (χ1n) is 5.27. The quantitative estimate of drug-likeness (QED) is 0.867. The van der Waals surface area contributed by atoms with Gasteiger partial charge in [0.2, 0.25) is 0 Å². The maximum atomic E-state index is 4.23. The van der Waals surface area contributed by atoms with Gasteiger partial charge in [0.15, 0.2) is 0 Å². The number of aromatic nitrogens is 1. The first-order valence-corrected chi connectivity index (χ1v) is 6.06. The van der Waals surface area contributed by atoms with E-state index in [4.69, 9.17) is 0 Å². The van der Waals surface area contributed by atoms with Crippen molar-refractivity contribution in [3.63, 3.8) is 0 Å². The molecule has 0 amide bonds. The van der Waals surface area contributed by atoms with Crippen LogP contribution in [0.15, 0.2) is 22.9 Å². The third-order valence-electron chi connectivity index (χ3n) is 2.88. The Hall–Kier alpha value is -0.160. The largest absolute Gasteiger partial charge is 0.315 e. The molecule has 1 fully saturated rings. The highest BCUT2D eigenvalue weighted by atomic mass is 79.9. The van der Waals surface area contributed by atoms with E-state index in [1.165, 1.54) is 12.0 Å². The Morgan fingerprint density at radius 1 is 1.56 bits per heavy atom. The van der Waals surface area contributed by atoms with E-state index in [0.717, 1.165) is 24.2 Å². The summed E-state index contributed by atoms with van der Waals surface area (Å²) in [6.07, 6.45) is 3.18. The Bertz CT molecular complexity index is 312. The molecule has 0 unspecified atom stereocenters. The predicted molar refractivity (Wildman–Crippen MR) is 71.9 cm³/mol. The van der Waals surface area contributed by atoms with Crippen LogP contribution >= 0.6 is 28.3 Å². The summed E-state index contributed by atoms with van der Waals surface area (Å²) in [5.41, 5.74) is 1.27. The van der Waals surface area contributed by atoms with Crippen LogP contribution in [0.4, 0.5) is 0 Å². The minimum absolute atomic E-state index is 0. The molecule has 0 spiro atoms. The lowest BCUT2D eigenvalue weighted by Gasteiger charge is -2.23. The number of rotatable bonds is 3. The first kappa shape index (κ1) is 13.9. The highest BCUT2D eigenvalue weighted by molar-refractivity contribution is 9.10. The SMILES string of the molecule is CN(Cc1ccc(Br)nc1)[C@@H]1CCNC1.Cl. The topological polar surface area (TPSA) is 28.2 Å².